The molecule has 7 nitrogen and oxygen atoms in total. The summed E-state index contributed by atoms with van der Waals surface area (Å²) in [5.74, 6) is 0.257. The quantitative estimate of drug-likeness (QED) is 0.568. The molecule has 0 atom stereocenters. The summed E-state index contributed by atoms with van der Waals surface area (Å²) >= 11 is 0. The van der Waals surface area contributed by atoms with Crippen molar-refractivity contribution in [1.82, 2.24) is 4.98 Å². The monoisotopic (exact) mass is 331 g/mol. The van der Waals surface area contributed by atoms with Crippen LogP contribution in [0.15, 0.2) is 36.5 Å². The SMILES string of the molecule is COc1ccc(C(=O)COC(=O)c2ccc(OC)nc2)c(OC)c1. The highest BCUT2D eigenvalue weighted by molar-refractivity contribution is 6.01. The molecular formula is C17H17NO6. The third-order valence-corrected chi connectivity index (χ3v) is 3.22. The molecule has 1 aromatic heterocycles. The summed E-state index contributed by atoms with van der Waals surface area (Å²) in [5, 5.41) is 0. The van der Waals surface area contributed by atoms with Gasteiger partial charge in [-0.1, -0.05) is 0 Å². The highest BCUT2D eigenvalue weighted by Gasteiger charge is 2.16. The van der Waals surface area contributed by atoms with Gasteiger partial charge < -0.3 is 18.9 Å². The first-order valence-corrected chi connectivity index (χ1v) is 7.01. The Morgan fingerprint density at radius 1 is 1.00 bits per heavy atom. The summed E-state index contributed by atoms with van der Waals surface area (Å²) in [5.41, 5.74) is 0.532. The van der Waals surface area contributed by atoms with Gasteiger partial charge in [-0.15, -0.1) is 0 Å². The Kier molecular flexibility index (Phi) is 5.73. The van der Waals surface area contributed by atoms with Crippen LogP contribution in [0.2, 0.25) is 0 Å². The van der Waals surface area contributed by atoms with Gasteiger partial charge in [-0.2, -0.15) is 0 Å². The Morgan fingerprint density at radius 3 is 2.38 bits per heavy atom. The lowest BCUT2D eigenvalue weighted by molar-refractivity contribution is 0.0473. The van der Waals surface area contributed by atoms with Gasteiger partial charge in [0.1, 0.15) is 11.5 Å². The summed E-state index contributed by atoms with van der Waals surface area (Å²) in [6, 6.07) is 7.81. The van der Waals surface area contributed by atoms with Crippen molar-refractivity contribution in [2.24, 2.45) is 0 Å². The van der Waals surface area contributed by atoms with Crippen LogP contribution in [0.3, 0.4) is 0 Å². The van der Waals surface area contributed by atoms with Crippen LogP contribution < -0.4 is 14.2 Å². The van der Waals surface area contributed by atoms with E-state index in [0.29, 0.717) is 22.9 Å². The Morgan fingerprint density at radius 2 is 1.79 bits per heavy atom. The number of carbonyl (C=O) groups excluding carboxylic acids is 2. The molecule has 1 aromatic carbocycles. The van der Waals surface area contributed by atoms with E-state index in [0.717, 1.165) is 0 Å². The summed E-state index contributed by atoms with van der Waals surface area (Å²) in [6.45, 7) is -0.409. The number of Topliss-reactive ketones (excluding diaryl/α,β-unsaturated/α-hetero) is 1. The van der Waals surface area contributed by atoms with Crippen molar-refractivity contribution in [2.75, 3.05) is 27.9 Å². The van der Waals surface area contributed by atoms with Crippen molar-refractivity contribution in [1.29, 1.82) is 0 Å². The molecule has 126 valence electrons. The van der Waals surface area contributed by atoms with Crippen LogP contribution in [0.25, 0.3) is 0 Å². The van der Waals surface area contributed by atoms with Crippen LogP contribution in [-0.2, 0) is 4.74 Å². The van der Waals surface area contributed by atoms with Crippen LogP contribution in [-0.4, -0.2) is 44.7 Å². The molecule has 0 saturated heterocycles. The molecule has 0 amide bonds. The van der Waals surface area contributed by atoms with E-state index >= 15 is 0 Å². The van der Waals surface area contributed by atoms with Crippen LogP contribution in [0, 0.1) is 0 Å². The maximum absolute atomic E-state index is 12.2. The van der Waals surface area contributed by atoms with Crippen molar-refractivity contribution >= 4 is 11.8 Å². The molecular weight excluding hydrogens is 314 g/mol. The van der Waals surface area contributed by atoms with Gasteiger partial charge in [0.15, 0.2) is 6.61 Å². The molecule has 2 aromatic rings. The number of hydrogen-bond acceptors (Lipinski definition) is 7. The Balaban J connectivity index is 2.03. The molecule has 7 heteroatoms. The van der Waals surface area contributed by atoms with Gasteiger partial charge in [-0.3, -0.25) is 4.79 Å². The fourth-order valence-electron chi connectivity index (χ4n) is 1.94. The minimum atomic E-state index is -0.647. The highest BCUT2D eigenvalue weighted by Crippen LogP contribution is 2.25. The zero-order valence-corrected chi connectivity index (χ0v) is 13.6. The molecule has 0 spiro atoms. The summed E-state index contributed by atoms with van der Waals surface area (Å²) < 4.78 is 20.2. The number of methoxy groups -OCH3 is 3. The summed E-state index contributed by atoms with van der Waals surface area (Å²) in [4.78, 5) is 28.1. The molecule has 2 rings (SSSR count). The first kappa shape index (κ1) is 17.3. The minimum absolute atomic E-state index is 0.227. The number of esters is 1. The Hall–Kier alpha value is -3.09. The molecule has 0 bridgehead atoms. The molecule has 0 aliphatic carbocycles. The molecule has 24 heavy (non-hydrogen) atoms. The zero-order valence-electron chi connectivity index (χ0n) is 13.6. The van der Waals surface area contributed by atoms with Crippen LogP contribution in [0.5, 0.6) is 17.4 Å². The van der Waals surface area contributed by atoms with Gasteiger partial charge in [-0.25, -0.2) is 9.78 Å². The lowest BCUT2D eigenvalue weighted by Gasteiger charge is -2.10. The van der Waals surface area contributed by atoms with E-state index in [4.69, 9.17) is 18.9 Å². The van der Waals surface area contributed by atoms with Crippen molar-refractivity contribution < 1.29 is 28.5 Å². The van der Waals surface area contributed by atoms with Gasteiger partial charge in [-0.05, 0) is 18.2 Å². The number of benzene rings is 1. The number of nitrogens with zero attached hydrogens (tertiary/aromatic N) is 1. The molecule has 0 unspecified atom stereocenters. The summed E-state index contributed by atoms with van der Waals surface area (Å²) in [6.07, 6.45) is 1.32. The number of rotatable bonds is 7. The standard InChI is InChI=1S/C17H17NO6/c1-21-12-5-6-13(15(8-12)22-2)14(19)10-24-17(20)11-4-7-16(23-3)18-9-11/h4-9H,10H2,1-3H3. The second kappa shape index (κ2) is 7.96. The topological polar surface area (TPSA) is 84.0 Å². The molecule has 0 aliphatic heterocycles. The first-order chi connectivity index (χ1) is 11.6. The molecule has 0 fully saturated rings. The Bertz CT molecular complexity index is 726. The normalized spacial score (nSPS) is 9.96. The van der Waals surface area contributed by atoms with Gasteiger partial charge in [0.25, 0.3) is 0 Å². The third kappa shape index (κ3) is 4.01. The van der Waals surface area contributed by atoms with E-state index in [1.807, 2.05) is 0 Å². The van der Waals surface area contributed by atoms with E-state index in [1.54, 1.807) is 18.2 Å². The second-order valence-corrected chi connectivity index (χ2v) is 4.65. The molecule has 0 aliphatic rings. The summed E-state index contributed by atoms with van der Waals surface area (Å²) in [7, 11) is 4.43. The highest BCUT2D eigenvalue weighted by atomic mass is 16.5. The lowest BCUT2D eigenvalue weighted by atomic mass is 10.1. The van der Waals surface area contributed by atoms with E-state index < -0.39 is 12.6 Å². The van der Waals surface area contributed by atoms with Gasteiger partial charge in [0.2, 0.25) is 11.7 Å². The Labute approximate surface area is 139 Å². The van der Waals surface area contributed by atoms with E-state index in [2.05, 4.69) is 4.98 Å². The average Bonchev–Trinajstić information content (AvgIpc) is 2.65. The number of ether oxygens (including phenoxy) is 4. The van der Waals surface area contributed by atoms with Crippen LogP contribution >= 0.6 is 0 Å². The molecule has 0 saturated carbocycles. The largest absolute Gasteiger partial charge is 0.497 e. The smallest absolute Gasteiger partial charge is 0.340 e. The maximum Gasteiger partial charge on any atom is 0.340 e. The second-order valence-electron chi connectivity index (χ2n) is 4.65. The van der Waals surface area contributed by atoms with E-state index in [1.165, 1.54) is 39.7 Å². The fourth-order valence-corrected chi connectivity index (χ4v) is 1.94. The molecule has 0 N–H and O–H groups in total. The maximum atomic E-state index is 12.2. The van der Waals surface area contributed by atoms with E-state index in [9.17, 15) is 9.59 Å². The van der Waals surface area contributed by atoms with E-state index in [-0.39, 0.29) is 11.3 Å². The number of ketones is 1. The van der Waals surface area contributed by atoms with Gasteiger partial charge in [0.05, 0.1) is 32.5 Å². The van der Waals surface area contributed by atoms with Crippen molar-refractivity contribution in [3.05, 3.63) is 47.7 Å². The van der Waals surface area contributed by atoms with Crippen molar-refractivity contribution in [2.45, 2.75) is 0 Å². The lowest BCUT2D eigenvalue weighted by Crippen LogP contribution is -2.15. The predicted octanol–water partition coefficient (Wildman–Crippen LogP) is 2.15. The van der Waals surface area contributed by atoms with Crippen LogP contribution in [0.4, 0.5) is 0 Å². The van der Waals surface area contributed by atoms with Crippen molar-refractivity contribution in [3.8, 4) is 17.4 Å². The zero-order chi connectivity index (χ0) is 17.5. The number of carbonyl (C=O) groups is 2. The van der Waals surface area contributed by atoms with Crippen LogP contribution in [0.1, 0.15) is 20.7 Å². The third-order valence-electron chi connectivity index (χ3n) is 3.22. The number of aromatic nitrogens is 1. The van der Waals surface area contributed by atoms with Crippen molar-refractivity contribution in [3.63, 3.8) is 0 Å². The first-order valence-electron chi connectivity index (χ1n) is 7.01. The van der Waals surface area contributed by atoms with Gasteiger partial charge >= 0.3 is 5.97 Å². The van der Waals surface area contributed by atoms with Gasteiger partial charge in [0, 0.05) is 18.3 Å². The molecule has 1 heterocycles. The number of pyridine rings is 1. The average molecular weight is 331 g/mol. The fraction of sp³-hybridized carbons (Fsp3) is 0.235. The number of hydrogen-bond donors (Lipinski definition) is 0. The molecule has 0 radical (unpaired) electrons. The predicted molar refractivity (Wildman–Crippen MR) is 84.9 cm³/mol. The minimum Gasteiger partial charge on any atom is -0.497 e.